The van der Waals surface area contributed by atoms with Crippen LogP contribution in [0.3, 0.4) is 0 Å². The molecule has 0 radical (unpaired) electrons. The molecule has 0 atom stereocenters. The van der Waals surface area contributed by atoms with E-state index in [1.54, 1.807) is 23.5 Å². The van der Waals surface area contributed by atoms with E-state index in [9.17, 15) is 0 Å². The zero-order valence-corrected chi connectivity index (χ0v) is 14.8. The molecule has 0 saturated carbocycles. The SMILES string of the molecule is CNCc1cc(-c2ccsc2)ccc1Oc1ccc(Cl)c(Cl)c1. The number of benzene rings is 2. The van der Waals surface area contributed by atoms with Gasteiger partial charge in [-0.15, -0.1) is 0 Å². The molecule has 0 amide bonds. The van der Waals surface area contributed by atoms with Crippen LogP contribution in [0, 0.1) is 0 Å². The van der Waals surface area contributed by atoms with Crippen LogP contribution in [-0.2, 0) is 6.54 Å². The second-order valence-corrected chi connectivity index (χ2v) is 6.64. The topological polar surface area (TPSA) is 21.3 Å². The lowest BCUT2D eigenvalue weighted by Gasteiger charge is -2.13. The van der Waals surface area contributed by atoms with E-state index in [0.717, 1.165) is 11.3 Å². The molecule has 0 aliphatic rings. The Balaban J connectivity index is 1.93. The van der Waals surface area contributed by atoms with Gasteiger partial charge in [0.05, 0.1) is 10.0 Å². The van der Waals surface area contributed by atoms with Gasteiger partial charge in [0.2, 0.25) is 0 Å². The summed E-state index contributed by atoms with van der Waals surface area (Å²) in [5, 5.41) is 8.39. The molecule has 3 rings (SSSR count). The van der Waals surface area contributed by atoms with E-state index in [0.29, 0.717) is 22.3 Å². The molecule has 2 aromatic carbocycles. The van der Waals surface area contributed by atoms with Gasteiger partial charge in [0.25, 0.3) is 0 Å². The Morgan fingerprint density at radius 1 is 1.00 bits per heavy atom. The molecule has 0 unspecified atom stereocenters. The van der Waals surface area contributed by atoms with Gasteiger partial charge in [-0.2, -0.15) is 11.3 Å². The fourth-order valence-corrected chi connectivity index (χ4v) is 3.24. The van der Waals surface area contributed by atoms with Crippen LogP contribution in [0.25, 0.3) is 11.1 Å². The van der Waals surface area contributed by atoms with Crippen LogP contribution in [0.15, 0.2) is 53.2 Å². The third-order valence-corrected chi connectivity index (χ3v) is 4.82. The first-order valence-electron chi connectivity index (χ1n) is 7.10. The van der Waals surface area contributed by atoms with Crippen LogP contribution in [0.2, 0.25) is 10.0 Å². The van der Waals surface area contributed by atoms with E-state index in [1.807, 2.05) is 19.2 Å². The second kappa shape index (κ2) is 7.37. The van der Waals surface area contributed by atoms with Gasteiger partial charge in [-0.25, -0.2) is 0 Å². The van der Waals surface area contributed by atoms with E-state index in [4.69, 9.17) is 27.9 Å². The van der Waals surface area contributed by atoms with Gasteiger partial charge >= 0.3 is 0 Å². The van der Waals surface area contributed by atoms with E-state index in [1.165, 1.54) is 11.1 Å². The predicted octanol–water partition coefficient (Wildman–Crippen LogP) is 6.23. The molecule has 0 spiro atoms. The van der Waals surface area contributed by atoms with Crippen LogP contribution < -0.4 is 10.1 Å². The summed E-state index contributed by atoms with van der Waals surface area (Å²) in [6, 6.07) is 13.6. The van der Waals surface area contributed by atoms with Crippen molar-refractivity contribution < 1.29 is 4.74 Å². The predicted molar refractivity (Wildman–Crippen MR) is 99.1 cm³/mol. The highest BCUT2D eigenvalue weighted by Gasteiger charge is 2.09. The second-order valence-electron chi connectivity index (χ2n) is 5.04. The van der Waals surface area contributed by atoms with Gasteiger partial charge < -0.3 is 10.1 Å². The summed E-state index contributed by atoms with van der Waals surface area (Å²) in [7, 11) is 1.92. The van der Waals surface area contributed by atoms with Crippen molar-refractivity contribution >= 4 is 34.5 Å². The molecule has 2 nitrogen and oxygen atoms in total. The lowest BCUT2D eigenvalue weighted by molar-refractivity contribution is 0.474. The van der Waals surface area contributed by atoms with Crippen LogP contribution in [0.1, 0.15) is 5.56 Å². The van der Waals surface area contributed by atoms with Crippen molar-refractivity contribution in [3.8, 4) is 22.6 Å². The highest BCUT2D eigenvalue weighted by Crippen LogP contribution is 2.33. The van der Waals surface area contributed by atoms with Gasteiger partial charge in [0.1, 0.15) is 11.5 Å². The monoisotopic (exact) mass is 363 g/mol. The first-order chi connectivity index (χ1) is 11.2. The van der Waals surface area contributed by atoms with E-state index >= 15 is 0 Å². The van der Waals surface area contributed by atoms with Crippen molar-refractivity contribution in [1.29, 1.82) is 0 Å². The van der Waals surface area contributed by atoms with Crippen molar-refractivity contribution in [3.05, 3.63) is 68.8 Å². The highest BCUT2D eigenvalue weighted by molar-refractivity contribution is 7.08. The molecule has 5 heteroatoms. The molecule has 0 aliphatic carbocycles. The summed E-state index contributed by atoms with van der Waals surface area (Å²) < 4.78 is 5.99. The Morgan fingerprint density at radius 3 is 2.57 bits per heavy atom. The maximum Gasteiger partial charge on any atom is 0.131 e. The molecule has 0 aliphatic heterocycles. The number of halogens is 2. The summed E-state index contributed by atoms with van der Waals surface area (Å²) >= 11 is 13.7. The molecular formula is C18H15Cl2NOS. The molecule has 3 aromatic rings. The maximum absolute atomic E-state index is 6.05. The highest BCUT2D eigenvalue weighted by atomic mass is 35.5. The summed E-state index contributed by atoms with van der Waals surface area (Å²) in [5.41, 5.74) is 3.48. The summed E-state index contributed by atoms with van der Waals surface area (Å²) in [4.78, 5) is 0. The number of nitrogens with one attached hydrogen (secondary N) is 1. The summed E-state index contributed by atoms with van der Waals surface area (Å²) in [6.45, 7) is 0.717. The average molecular weight is 364 g/mol. The Morgan fingerprint density at radius 2 is 1.87 bits per heavy atom. The lowest BCUT2D eigenvalue weighted by Crippen LogP contribution is -2.06. The molecule has 1 N–H and O–H groups in total. The average Bonchev–Trinajstić information content (AvgIpc) is 3.07. The Hall–Kier alpha value is -1.52. The molecule has 118 valence electrons. The first kappa shape index (κ1) is 16.3. The van der Waals surface area contributed by atoms with Gasteiger partial charge in [0, 0.05) is 18.2 Å². The molecule has 0 saturated heterocycles. The van der Waals surface area contributed by atoms with E-state index in [-0.39, 0.29) is 0 Å². The van der Waals surface area contributed by atoms with Crippen LogP contribution in [-0.4, -0.2) is 7.05 Å². The summed E-state index contributed by atoms with van der Waals surface area (Å²) in [6.07, 6.45) is 0. The number of hydrogen-bond donors (Lipinski definition) is 1. The maximum atomic E-state index is 6.05. The van der Waals surface area contributed by atoms with Crippen molar-refractivity contribution in [1.82, 2.24) is 5.32 Å². The fraction of sp³-hybridized carbons (Fsp3) is 0.111. The largest absolute Gasteiger partial charge is 0.457 e. The van der Waals surface area contributed by atoms with Crippen LogP contribution >= 0.6 is 34.5 Å². The third kappa shape index (κ3) is 3.88. The number of thiophene rings is 1. The van der Waals surface area contributed by atoms with Gasteiger partial charge in [-0.1, -0.05) is 29.3 Å². The minimum absolute atomic E-state index is 0.481. The number of rotatable bonds is 5. The standard InChI is InChI=1S/C18H15Cl2NOS/c1-21-10-14-8-12(13-6-7-23-11-13)2-5-18(14)22-15-3-4-16(19)17(20)9-15/h2-9,11,21H,10H2,1H3. The summed E-state index contributed by atoms with van der Waals surface area (Å²) in [5.74, 6) is 1.47. The lowest BCUT2D eigenvalue weighted by atomic mass is 10.0. The van der Waals surface area contributed by atoms with Crippen molar-refractivity contribution in [2.24, 2.45) is 0 Å². The van der Waals surface area contributed by atoms with Gasteiger partial charge in [-0.05, 0) is 59.3 Å². The molecular weight excluding hydrogens is 349 g/mol. The Labute approximate surface area is 149 Å². The normalized spacial score (nSPS) is 10.7. The molecule has 1 heterocycles. The van der Waals surface area contributed by atoms with Gasteiger partial charge in [-0.3, -0.25) is 0 Å². The van der Waals surface area contributed by atoms with Crippen molar-refractivity contribution in [2.75, 3.05) is 7.05 Å². The quantitative estimate of drug-likeness (QED) is 0.579. The minimum atomic E-state index is 0.481. The first-order valence-corrected chi connectivity index (χ1v) is 8.80. The van der Waals surface area contributed by atoms with Gasteiger partial charge in [0.15, 0.2) is 0 Å². The zero-order chi connectivity index (χ0) is 16.2. The van der Waals surface area contributed by atoms with E-state index < -0.39 is 0 Å². The van der Waals surface area contributed by atoms with Crippen molar-refractivity contribution in [3.63, 3.8) is 0 Å². The van der Waals surface area contributed by atoms with Crippen LogP contribution in [0.4, 0.5) is 0 Å². The third-order valence-electron chi connectivity index (χ3n) is 3.40. The van der Waals surface area contributed by atoms with Crippen molar-refractivity contribution in [2.45, 2.75) is 6.54 Å². The minimum Gasteiger partial charge on any atom is -0.457 e. The smallest absolute Gasteiger partial charge is 0.131 e. The molecule has 0 bridgehead atoms. The number of ether oxygens (including phenoxy) is 1. The Bertz CT molecular complexity index is 803. The molecule has 1 aromatic heterocycles. The Kier molecular flexibility index (Phi) is 5.23. The zero-order valence-electron chi connectivity index (χ0n) is 12.5. The molecule has 23 heavy (non-hydrogen) atoms. The molecule has 0 fully saturated rings. The van der Waals surface area contributed by atoms with Crippen LogP contribution in [0.5, 0.6) is 11.5 Å². The van der Waals surface area contributed by atoms with E-state index in [2.05, 4.69) is 34.3 Å². The number of hydrogen-bond acceptors (Lipinski definition) is 3. The fourth-order valence-electron chi connectivity index (χ4n) is 2.28.